The second-order valence-corrected chi connectivity index (χ2v) is 5.64. The SMILES string of the molecule is COCCN(CC(=O)O)C(=O)CCc1ccc(Br)c(C)c1. The topological polar surface area (TPSA) is 66.8 Å². The van der Waals surface area contributed by atoms with Gasteiger partial charge in [0.25, 0.3) is 0 Å². The molecular weight excluding hydrogens is 338 g/mol. The summed E-state index contributed by atoms with van der Waals surface area (Å²) in [5, 5.41) is 8.84. The van der Waals surface area contributed by atoms with E-state index < -0.39 is 5.97 Å². The van der Waals surface area contributed by atoms with Crippen LogP contribution in [0.3, 0.4) is 0 Å². The molecule has 6 heteroatoms. The number of hydrogen-bond acceptors (Lipinski definition) is 3. The lowest BCUT2D eigenvalue weighted by atomic mass is 10.1. The zero-order valence-electron chi connectivity index (χ0n) is 12.3. The molecule has 1 N–H and O–H groups in total. The lowest BCUT2D eigenvalue weighted by molar-refractivity contribution is -0.144. The van der Waals surface area contributed by atoms with Crippen molar-refractivity contribution >= 4 is 27.8 Å². The number of amides is 1. The second-order valence-electron chi connectivity index (χ2n) is 4.79. The van der Waals surface area contributed by atoms with E-state index in [-0.39, 0.29) is 18.9 Å². The highest BCUT2D eigenvalue weighted by Crippen LogP contribution is 2.18. The number of methoxy groups -OCH3 is 1. The number of carbonyl (C=O) groups excluding carboxylic acids is 1. The molecule has 0 radical (unpaired) electrons. The van der Waals surface area contributed by atoms with Crippen molar-refractivity contribution in [3.05, 3.63) is 33.8 Å². The third-order valence-electron chi connectivity index (χ3n) is 3.09. The quantitative estimate of drug-likeness (QED) is 0.774. The molecule has 116 valence electrons. The van der Waals surface area contributed by atoms with E-state index >= 15 is 0 Å². The largest absolute Gasteiger partial charge is 0.480 e. The second kappa shape index (κ2) is 8.79. The Morgan fingerprint density at radius 1 is 1.38 bits per heavy atom. The maximum atomic E-state index is 12.1. The van der Waals surface area contributed by atoms with Crippen LogP contribution in [-0.4, -0.2) is 48.7 Å². The highest BCUT2D eigenvalue weighted by Gasteiger charge is 2.16. The van der Waals surface area contributed by atoms with Crippen LogP contribution in [0.15, 0.2) is 22.7 Å². The van der Waals surface area contributed by atoms with Crippen LogP contribution < -0.4 is 0 Å². The number of ether oxygens (including phenoxy) is 1. The first-order chi connectivity index (χ1) is 9.93. The van der Waals surface area contributed by atoms with Crippen molar-refractivity contribution in [2.24, 2.45) is 0 Å². The van der Waals surface area contributed by atoms with E-state index in [0.29, 0.717) is 19.6 Å². The van der Waals surface area contributed by atoms with Crippen molar-refractivity contribution in [2.45, 2.75) is 19.8 Å². The fourth-order valence-electron chi connectivity index (χ4n) is 1.93. The zero-order chi connectivity index (χ0) is 15.8. The molecular formula is C15H20BrNO4. The van der Waals surface area contributed by atoms with Crippen molar-refractivity contribution in [3.8, 4) is 0 Å². The predicted molar refractivity (Wildman–Crippen MR) is 83.3 cm³/mol. The Hall–Kier alpha value is -1.40. The van der Waals surface area contributed by atoms with Gasteiger partial charge in [-0.3, -0.25) is 9.59 Å². The van der Waals surface area contributed by atoms with Gasteiger partial charge in [0, 0.05) is 24.5 Å². The summed E-state index contributed by atoms with van der Waals surface area (Å²) in [7, 11) is 1.52. The molecule has 0 aliphatic carbocycles. The molecule has 0 bridgehead atoms. The molecule has 21 heavy (non-hydrogen) atoms. The molecule has 5 nitrogen and oxygen atoms in total. The van der Waals surface area contributed by atoms with Gasteiger partial charge in [-0.15, -0.1) is 0 Å². The van der Waals surface area contributed by atoms with E-state index in [0.717, 1.165) is 15.6 Å². The number of nitrogens with zero attached hydrogens (tertiary/aromatic N) is 1. The van der Waals surface area contributed by atoms with Crippen LogP contribution in [0.1, 0.15) is 17.5 Å². The van der Waals surface area contributed by atoms with Gasteiger partial charge < -0.3 is 14.7 Å². The number of carboxylic acid groups (broad SMARTS) is 1. The van der Waals surface area contributed by atoms with Crippen LogP contribution in [0.4, 0.5) is 0 Å². The van der Waals surface area contributed by atoms with E-state index in [9.17, 15) is 9.59 Å². The smallest absolute Gasteiger partial charge is 0.323 e. The maximum Gasteiger partial charge on any atom is 0.323 e. The summed E-state index contributed by atoms with van der Waals surface area (Å²) < 4.78 is 5.94. The Morgan fingerprint density at radius 3 is 2.67 bits per heavy atom. The number of carboxylic acids is 1. The van der Waals surface area contributed by atoms with Gasteiger partial charge in [0.15, 0.2) is 0 Å². The molecule has 0 fully saturated rings. The van der Waals surface area contributed by atoms with Crippen LogP contribution in [0.25, 0.3) is 0 Å². The molecule has 1 rings (SSSR count). The van der Waals surface area contributed by atoms with E-state index in [1.54, 1.807) is 0 Å². The fourth-order valence-corrected chi connectivity index (χ4v) is 2.17. The number of aliphatic carboxylic acids is 1. The number of hydrogen-bond donors (Lipinski definition) is 1. The van der Waals surface area contributed by atoms with Crippen LogP contribution in [0, 0.1) is 6.92 Å². The standard InChI is InChI=1S/C15H20BrNO4/c1-11-9-12(3-5-13(11)16)4-6-14(18)17(7-8-21-2)10-15(19)20/h3,5,9H,4,6-8,10H2,1-2H3,(H,19,20). The molecule has 0 heterocycles. The average molecular weight is 358 g/mol. The minimum Gasteiger partial charge on any atom is -0.480 e. The predicted octanol–water partition coefficient (Wildman–Crippen LogP) is 2.25. The minimum atomic E-state index is -1.01. The van der Waals surface area contributed by atoms with Crippen LogP contribution >= 0.6 is 15.9 Å². The Bertz CT molecular complexity index is 504. The summed E-state index contributed by atoms with van der Waals surface area (Å²) in [6.45, 7) is 2.32. The Labute approximate surface area is 133 Å². The molecule has 0 saturated carbocycles. The van der Waals surface area contributed by atoms with E-state index in [4.69, 9.17) is 9.84 Å². The summed E-state index contributed by atoms with van der Waals surface area (Å²) in [6, 6.07) is 5.93. The van der Waals surface area contributed by atoms with Crippen LogP contribution in [-0.2, 0) is 20.7 Å². The number of benzene rings is 1. The van der Waals surface area contributed by atoms with Gasteiger partial charge in [-0.1, -0.05) is 28.1 Å². The fraction of sp³-hybridized carbons (Fsp3) is 0.467. The monoisotopic (exact) mass is 357 g/mol. The number of aryl methyl sites for hydroxylation is 2. The molecule has 0 aromatic heterocycles. The average Bonchev–Trinajstić information content (AvgIpc) is 2.44. The molecule has 1 amide bonds. The van der Waals surface area contributed by atoms with Crippen LogP contribution in [0.2, 0.25) is 0 Å². The summed E-state index contributed by atoms with van der Waals surface area (Å²) in [5.41, 5.74) is 2.17. The van der Waals surface area contributed by atoms with E-state index in [2.05, 4.69) is 15.9 Å². The molecule has 0 saturated heterocycles. The Balaban J connectivity index is 2.59. The van der Waals surface area contributed by atoms with E-state index in [1.807, 2.05) is 25.1 Å². The van der Waals surface area contributed by atoms with Gasteiger partial charge in [-0.2, -0.15) is 0 Å². The van der Waals surface area contributed by atoms with Gasteiger partial charge in [-0.05, 0) is 30.5 Å². The molecule has 0 atom stereocenters. The first-order valence-corrected chi connectivity index (χ1v) is 7.47. The van der Waals surface area contributed by atoms with Crippen LogP contribution in [0.5, 0.6) is 0 Å². The van der Waals surface area contributed by atoms with Gasteiger partial charge >= 0.3 is 5.97 Å². The lowest BCUT2D eigenvalue weighted by Crippen LogP contribution is -2.38. The van der Waals surface area contributed by atoms with E-state index in [1.165, 1.54) is 12.0 Å². The molecule has 1 aromatic rings. The summed E-state index contributed by atoms with van der Waals surface area (Å²) >= 11 is 3.43. The highest BCUT2D eigenvalue weighted by molar-refractivity contribution is 9.10. The van der Waals surface area contributed by atoms with Crippen molar-refractivity contribution in [2.75, 3.05) is 26.8 Å². The van der Waals surface area contributed by atoms with Crippen molar-refractivity contribution in [3.63, 3.8) is 0 Å². The molecule has 1 aromatic carbocycles. The van der Waals surface area contributed by atoms with Gasteiger partial charge in [0.2, 0.25) is 5.91 Å². The zero-order valence-corrected chi connectivity index (χ0v) is 13.9. The normalized spacial score (nSPS) is 10.4. The van der Waals surface area contributed by atoms with Gasteiger partial charge in [-0.25, -0.2) is 0 Å². The van der Waals surface area contributed by atoms with Crippen molar-refractivity contribution in [1.29, 1.82) is 0 Å². The number of rotatable bonds is 8. The first kappa shape index (κ1) is 17.7. The Morgan fingerprint density at radius 2 is 2.10 bits per heavy atom. The highest BCUT2D eigenvalue weighted by atomic mass is 79.9. The third kappa shape index (κ3) is 6.27. The van der Waals surface area contributed by atoms with Gasteiger partial charge in [0.1, 0.15) is 6.54 Å². The first-order valence-electron chi connectivity index (χ1n) is 6.67. The summed E-state index contributed by atoms with van der Waals surface area (Å²) in [6.07, 6.45) is 0.883. The van der Waals surface area contributed by atoms with Gasteiger partial charge in [0.05, 0.1) is 6.61 Å². The summed E-state index contributed by atoms with van der Waals surface area (Å²) in [5.74, 6) is -1.19. The molecule has 0 unspecified atom stereocenters. The lowest BCUT2D eigenvalue weighted by Gasteiger charge is -2.20. The Kier molecular flexibility index (Phi) is 7.39. The maximum absolute atomic E-state index is 12.1. The van der Waals surface area contributed by atoms with Crippen molar-refractivity contribution in [1.82, 2.24) is 4.90 Å². The van der Waals surface area contributed by atoms with Crippen molar-refractivity contribution < 1.29 is 19.4 Å². The molecule has 0 aliphatic rings. The molecule has 0 spiro atoms. The third-order valence-corrected chi connectivity index (χ3v) is 3.98. The number of halogens is 1. The summed E-state index contributed by atoms with van der Waals surface area (Å²) in [4.78, 5) is 24.2. The minimum absolute atomic E-state index is 0.171. The molecule has 0 aliphatic heterocycles. The number of carbonyl (C=O) groups is 2.